The van der Waals surface area contributed by atoms with Crippen LogP contribution in [-0.2, 0) is 21.8 Å². The third-order valence-electron chi connectivity index (χ3n) is 4.09. The molecule has 1 N–H and O–H groups in total. The van der Waals surface area contributed by atoms with Gasteiger partial charge in [-0.15, -0.1) is 0 Å². The molecule has 0 aliphatic carbocycles. The number of nitrogens with one attached hydrogen (secondary N) is 1. The van der Waals surface area contributed by atoms with Crippen molar-refractivity contribution in [1.29, 1.82) is 0 Å². The molecule has 1 aromatic heterocycles. The number of benzene rings is 1. The Morgan fingerprint density at radius 2 is 1.84 bits per heavy atom. The lowest BCUT2D eigenvalue weighted by Crippen LogP contribution is -2.14. The van der Waals surface area contributed by atoms with Crippen LogP contribution >= 0.6 is 0 Å². The van der Waals surface area contributed by atoms with Crippen molar-refractivity contribution in [2.24, 2.45) is 7.05 Å². The van der Waals surface area contributed by atoms with Crippen LogP contribution in [0.2, 0.25) is 0 Å². The molecule has 0 spiro atoms. The Morgan fingerprint density at radius 1 is 1.24 bits per heavy atom. The molecular weight excluding hydrogens is 340 g/mol. The zero-order valence-electron chi connectivity index (χ0n) is 15.2. The van der Waals surface area contributed by atoms with Gasteiger partial charge in [0.1, 0.15) is 10.6 Å². The molecule has 0 unspecified atom stereocenters. The van der Waals surface area contributed by atoms with Crippen molar-refractivity contribution in [2.45, 2.75) is 38.5 Å². The van der Waals surface area contributed by atoms with Crippen LogP contribution in [0, 0.1) is 6.92 Å². The van der Waals surface area contributed by atoms with Crippen molar-refractivity contribution in [1.82, 2.24) is 4.57 Å². The number of sulfonamides is 1. The third kappa shape index (κ3) is 4.04. The largest absolute Gasteiger partial charge is 0.461 e. The summed E-state index contributed by atoms with van der Waals surface area (Å²) >= 11 is 0. The summed E-state index contributed by atoms with van der Waals surface area (Å²) in [6, 6.07) is 8.60. The van der Waals surface area contributed by atoms with E-state index in [2.05, 4.69) is 18.6 Å². The van der Waals surface area contributed by atoms with Crippen LogP contribution in [0.5, 0.6) is 0 Å². The third-order valence-corrected chi connectivity index (χ3v) is 5.59. The summed E-state index contributed by atoms with van der Waals surface area (Å²) in [4.78, 5) is 12.0. The summed E-state index contributed by atoms with van der Waals surface area (Å²) in [6.07, 6.45) is 0. The van der Waals surface area contributed by atoms with Gasteiger partial charge in [0.05, 0.1) is 6.61 Å². The van der Waals surface area contributed by atoms with Crippen LogP contribution in [0.3, 0.4) is 0 Å². The van der Waals surface area contributed by atoms with Crippen LogP contribution in [-0.4, -0.2) is 25.6 Å². The molecule has 0 aliphatic heterocycles. The van der Waals surface area contributed by atoms with Gasteiger partial charge in [-0.05, 0) is 43.5 Å². The predicted octanol–water partition coefficient (Wildman–Crippen LogP) is 3.43. The summed E-state index contributed by atoms with van der Waals surface area (Å²) in [5.41, 5.74) is 2.28. The van der Waals surface area contributed by atoms with E-state index in [0.29, 0.717) is 17.3 Å². The quantitative estimate of drug-likeness (QED) is 0.797. The van der Waals surface area contributed by atoms with Gasteiger partial charge in [-0.2, -0.15) is 0 Å². The van der Waals surface area contributed by atoms with Gasteiger partial charge in [-0.1, -0.05) is 26.0 Å². The smallest absolute Gasteiger partial charge is 0.354 e. The molecule has 0 radical (unpaired) electrons. The fourth-order valence-electron chi connectivity index (χ4n) is 2.49. The van der Waals surface area contributed by atoms with Crippen molar-refractivity contribution in [3.8, 4) is 0 Å². The number of anilines is 1. The number of aromatic nitrogens is 1. The molecule has 0 aliphatic rings. The topological polar surface area (TPSA) is 77.4 Å². The first kappa shape index (κ1) is 19.1. The van der Waals surface area contributed by atoms with Crippen molar-refractivity contribution in [3.05, 3.63) is 47.3 Å². The van der Waals surface area contributed by atoms with E-state index in [9.17, 15) is 13.2 Å². The number of hydrogen-bond donors (Lipinski definition) is 1. The minimum atomic E-state index is -3.81. The average Bonchev–Trinajstić information content (AvgIpc) is 2.84. The summed E-state index contributed by atoms with van der Waals surface area (Å²) in [7, 11) is -2.17. The standard InChI is InChI=1S/C18H24N2O4S/c1-6-24-18(21)16-11-17(13(4)20(16)5)25(22,23)19-15-9-7-14(8-10-15)12(2)3/h7-12,19H,6H2,1-5H3. The molecule has 0 saturated carbocycles. The van der Waals surface area contributed by atoms with E-state index in [4.69, 9.17) is 4.74 Å². The average molecular weight is 364 g/mol. The molecule has 1 aromatic carbocycles. The molecule has 136 valence electrons. The first-order valence-corrected chi connectivity index (χ1v) is 9.62. The van der Waals surface area contributed by atoms with Gasteiger partial charge in [-0.3, -0.25) is 4.72 Å². The Bertz CT molecular complexity index is 865. The molecule has 0 saturated heterocycles. The molecule has 6 nitrogen and oxygen atoms in total. The van der Waals surface area contributed by atoms with Gasteiger partial charge in [0.25, 0.3) is 10.0 Å². The first-order chi connectivity index (χ1) is 11.7. The molecule has 0 fully saturated rings. The van der Waals surface area contributed by atoms with E-state index >= 15 is 0 Å². The zero-order valence-corrected chi connectivity index (χ0v) is 16.0. The van der Waals surface area contributed by atoms with E-state index in [1.165, 1.54) is 10.6 Å². The Balaban J connectivity index is 2.33. The highest BCUT2D eigenvalue weighted by Gasteiger charge is 2.25. The van der Waals surface area contributed by atoms with E-state index < -0.39 is 16.0 Å². The maximum absolute atomic E-state index is 12.7. The molecule has 0 amide bonds. The SMILES string of the molecule is CCOC(=O)c1cc(S(=O)(=O)Nc2ccc(C(C)C)cc2)c(C)n1C. The second kappa shape index (κ2) is 7.31. The van der Waals surface area contributed by atoms with Crippen LogP contribution in [0.25, 0.3) is 0 Å². The first-order valence-electron chi connectivity index (χ1n) is 8.13. The summed E-state index contributed by atoms with van der Waals surface area (Å²) in [5, 5.41) is 0. The molecular formula is C18H24N2O4S. The van der Waals surface area contributed by atoms with Gasteiger partial charge in [0.15, 0.2) is 0 Å². The van der Waals surface area contributed by atoms with E-state index in [0.717, 1.165) is 5.56 Å². The Morgan fingerprint density at radius 3 is 2.36 bits per heavy atom. The van der Waals surface area contributed by atoms with E-state index in [1.54, 1.807) is 33.0 Å². The van der Waals surface area contributed by atoms with Gasteiger partial charge in [0.2, 0.25) is 0 Å². The Hall–Kier alpha value is -2.28. The zero-order chi connectivity index (χ0) is 18.8. The monoisotopic (exact) mass is 364 g/mol. The van der Waals surface area contributed by atoms with Crippen molar-refractivity contribution < 1.29 is 17.9 Å². The highest BCUT2D eigenvalue weighted by molar-refractivity contribution is 7.92. The second-order valence-corrected chi connectivity index (χ2v) is 7.79. The predicted molar refractivity (Wildman–Crippen MR) is 97.4 cm³/mol. The van der Waals surface area contributed by atoms with Gasteiger partial charge >= 0.3 is 5.97 Å². The molecule has 7 heteroatoms. The minimum absolute atomic E-state index is 0.0611. The number of hydrogen-bond acceptors (Lipinski definition) is 4. The van der Waals surface area contributed by atoms with Crippen molar-refractivity contribution in [2.75, 3.05) is 11.3 Å². The summed E-state index contributed by atoms with van der Waals surface area (Å²) in [5.74, 6) is -0.176. The number of ether oxygens (including phenoxy) is 1. The number of esters is 1. The number of carbonyl (C=O) groups is 1. The van der Waals surface area contributed by atoms with Gasteiger partial charge < -0.3 is 9.30 Å². The molecule has 0 bridgehead atoms. The van der Waals surface area contributed by atoms with Crippen LogP contribution in [0.15, 0.2) is 35.2 Å². The fourth-order valence-corrected chi connectivity index (χ4v) is 3.84. The molecule has 2 rings (SSSR count). The number of carbonyl (C=O) groups excluding carboxylic acids is 1. The maximum Gasteiger partial charge on any atom is 0.354 e. The highest BCUT2D eigenvalue weighted by atomic mass is 32.2. The molecule has 2 aromatic rings. The molecule has 0 atom stereocenters. The van der Waals surface area contributed by atoms with E-state index in [1.807, 2.05) is 12.1 Å². The van der Waals surface area contributed by atoms with Crippen molar-refractivity contribution in [3.63, 3.8) is 0 Å². The van der Waals surface area contributed by atoms with Crippen LogP contribution in [0.1, 0.15) is 48.4 Å². The lowest BCUT2D eigenvalue weighted by Gasteiger charge is -2.10. The number of rotatable bonds is 6. The second-order valence-electron chi connectivity index (χ2n) is 6.14. The van der Waals surface area contributed by atoms with Gasteiger partial charge in [-0.25, -0.2) is 13.2 Å². The molecule has 25 heavy (non-hydrogen) atoms. The lowest BCUT2D eigenvalue weighted by atomic mass is 10.0. The number of nitrogens with zero attached hydrogens (tertiary/aromatic N) is 1. The normalized spacial score (nSPS) is 11.6. The van der Waals surface area contributed by atoms with E-state index in [-0.39, 0.29) is 17.2 Å². The minimum Gasteiger partial charge on any atom is -0.461 e. The Labute approximate surface area is 148 Å². The maximum atomic E-state index is 12.7. The lowest BCUT2D eigenvalue weighted by molar-refractivity contribution is 0.0515. The summed E-state index contributed by atoms with van der Waals surface area (Å²) < 4.78 is 34.5. The van der Waals surface area contributed by atoms with Crippen LogP contribution in [0.4, 0.5) is 5.69 Å². The van der Waals surface area contributed by atoms with Crippen LogP contribution < -0.4 is 4.72 Å². The summed E-state index contributed by atoms with van der Waals surface area (Å²) in [6.45, 7) is 7.73. The Kier molecular flexibility index (Phi) is 5.57. The molecule has 1 heterocycles. The fraction of sp³-hybridized carbons (Fsp3) is 0.389. The highest BCUT2D eigenvalue weighted by Crippen LogP contribution is 2.24. The van der Waals surface area contributed by atoms with Gasteiger partial charge in [0, 0.05) is 18.4 Å². The van der Waals surface area contributed by atoms with Crippen molar-refractivity contribution >= 4 is 21.7 Å².